The van der Waals surface area contributed by atoms with Gasteiger partial charge in [0.2, 0.25) is 0 Å². The topological polar surface area (TPSA) is 102 Å². The van der Waals surface area contributed by atoms with E-state index in [9.17, 15) is 14.7 Å². The number of unbranched alkanes of at least 4 members (excludes halogenated alkanes) is 2. The van der Waals surface area contributed by atoms with Gasteiger partial charge in [-0.05, 0) is 74.2 Å². The van der Waals surface area contributed by atoms with Crippen LogP contribution >= 0.6 is 11.3 Å². The molecule has 0 radical (unpaired) electrons. The Morgan fingerprint density at radius 2 is 1.78 bits per heavy atom. The summed E-state index contributed by atoms with van der Waals surface area (Å²) in [5, 5.41) is 11.8. The quantitative estimate of drug-likeness (QED) is 0.0956. The van der Waals surface area contributed by atoms with Crippen LogP contribution < -0.4 is 14.4 Å². The number of aromatic nitrogens is 2. The van der Waals surface area contributed by atoms with E-state index < -0.39 is 17.7 Å². The number of carbonyl (C=O) groups is 2. The van der Waals surface area contributed by atoms with Crippen LogP contribution in [0.25, 0.3) is 16.0 Å². The minimum absolute atomic E-state index is 0.0209. The van der Waals surface area contributed by atoms with E-state index in [0.717, 1.165) is 40.6 Å². The van der Waals surface area contributed by atoms with Crippen molar-refractivity contribution in [3.05, 3.63) is 82.7 Å². The third-order valence-corrected chi connectivity index (χ3v) is 8.01. The van der Waals surface area contributed by atoms with E-state index in [4.69, 9.17) is 14.5 Å². The number of carbonyl (C=O) groups excluding carboxylic acids is 2. The number of hydrogen-bond acceptors (Lipinski definition) is 8. The summed E-state index contributed by atoms with van der Waals surface area (Å²) in [6.45, 7) is 8.96. The molecule has 1 amide bonds. The molecule has 1 saturated heterocycles. The van der Waals surface area contributed by atoms with Crippen molar-refractivity contribution in [2.24, 2.45) is 0 Å². The molecule has 9 heteroatoms. The van der Waals surface area contributed by atoms with Crippen LogP contribution in [0.5, 0.6) is 11.5 Å². The minimum atomic E-state index is -0.932. The maximum absolute atomic E-state index is 13.7. The van der Waals surface area contributed by atoms with E-state index in [0.29, 0.717) is 41.0 Å². The number of amides is 1. The number of fused-ring (bicyclic) bond motifs is 1. The number of thiazole rings is 1. The zero-order valence-electron chi connectivity index (χ0n) is 23.6. The second-order valence-corrected chi connectivity index (χ2v) is 11.0. The summed E-state index contributed by atoms with van der Waals surface area (Å²) >= 11 is 1.34. The molecule has 0 spiro atoms. The lowest BCUT2D eigenvalue weighted by Crippen LogP contribution is -2.29. The van der Waals surface area contributed by atoms with Crippen LogP contribution in [0, 0.1) is 13.8 Å². The van der Waals surface area contributed by atoms with Gasteiger partial charge in [-0.2, -0.15) is 0 Å². The Morgan fingerprint density at radius 1 is 1.00 bits per heavy atom. The molecule has 212 valence electrons. The minimum Gasteiger partial charge on any atom is -0.507 e. The molecule has 1 aliphatic rings. The molecule has 5 rings (SSSR count). The second kappa shape index (κ2) is 12.1. The standard InChI is InChI=1S/C32H33N3O5S/c1-5-7-8-15-40-23-10-9-22(18-24(23)39-6-2)28-26(29(36)21-11-13-33-14-12-21)30(37)31(38)35(28)32-34-27-20(4)16-19(3)17-25(27)41-32/h9-14,16-18,28,36H,5-8,15H2,1-4H3. The SMILES string of the molecule is CCCCCOc1ccc(C2C(=C(O)c3ccncc3)C(=O)C(=O)N2c2nc3c(C)cc(C)cc3s2)cc1OCC. The van der Waals surface area contributed by atoms with Crippen molar-refractivity contribution >= 4 is 44.1 Å². The maximum Gasteiger partial charge on any atom is 0.301 e. The van der Waals surface area contributed by atoms with Gasteiger partial charge in [0, 0.05) is 18.0 Å². The second-order valence-electron chi connectivity index (χ2n) is 10.0. The van der Waals surface area contributed by atoms with Gasteiger partial charge in [-0.25, -0.2) is 4.98 Å². The summed E-state index contributed by atoms with van der Waals surface area (Å²) in [4.78, 5) is 37.5. The number of pyridine rings is 1. The molecular weight excluding hydrogens is 538 g/mol. The van der Waals surface area contributed by atoms with Gasteiger partial charge in [0.1, 0.15) is 5.76 Å². The Kier molecular flexibility index (Phi) is 8.35. The maximum atomic E-state index is 13.7. The fourth-order valence-corrected chi connectivity index (χ4v) is 6.26. The first-order valence-corrected chi connectivity index (χ1v) is 14.6. The molecule has 1 atom stereocenters. The number of ketones is 1. The fourth-order valence-electron chi connectivity index (χ4n) is 5.09. The van der Waals surface area contributed by atoms with Crippen molar-refractivity contribution in [3.8, 4) is 11.5 Å². The zero-order valence-corrected chi connectivity index (χ0v) is 24.5. The molecular formula is C32H33N3O5S. The number of hydrogen-bond donors (Lipinski definition) is 1. The fraction of sp³-hybridized carbons (Fsp3) is 0.312. The molecule has 3 heterocycles. The average molecular weight is 572 g/mol. The number of nitrogens with zero attached hydrogens (tertiary/aromatic N) is 3. The first kappa shape index (κ1) is 28.3. The van der Waals surface area contributed by atoms with Crippen LogP contribution in [0.2, 0.25) is 0 Å². The molecule has 0 bridgehead atoms. The lowest BCUT2D eigenvalue weighted by Gasteiger charge is -2.24. The highest BCUT2D eigenvalue weighted by Gasteiger charge is 2.48. The number of Topliss-reactive ketones (excluding diaryl/α,β-unsaturated/α-hetero) is 1. The van der Waals surface area contributed by atoms with Gasteiger partial charge in [-0.3, -0.25) is 19.5 Å². The molecule has 2 aromatic heterocycles. The monoisotopic (exact) mass is 571 g/mol. The average Bonchev–Trinajstić information content (AvgIpc) is 3.50. The van der Waals surface area contributed by atoms with Crippen LogP contribution in [0.4, 0.5) is 5.13 Å². The first-order chi connectivity index (χ1) is 19.8. The van der Waals surface area contributed by atoms with Crippen LogP contribution in [0.1, 0.15) is 61.4 Å². The zero-order chi connectivity index (χ0) is 29.1. The Bertz CT molecular complexity index is 1630. The largest absolute Gasteiger partial charge is 0.507 e. The van der Waals surface area contributed by atoms with Gasteiger partial charge in [0.15, 0.2) is 16.6 Å². The Morgan fingerprint density at radius 3 is 2.51 bits per heavy atom. The summed E-state index contributed by atoms with van der Waals surface area (Å²) in [6, 6.07) is 11.7. The van der Waals surface area contributed by atoms with E-state index in [1.54, 1.807) is 24.3 Å². The number of aliphatic hydroxyl groups excluding tert-OH is 1. The molecule has 0 saturated carbocycles. The van der Waals surface area contributed by atoms with Crippen LogP contribution in [-0.2, 0) is 9.59 Å². The summed E-state index contributed by atoms with van der Waals surface area (Å²) in [7, 11) is 0. The van der Waals surface area contributed by atoms with Crippen LogP contribution in [0.3, 0.4) is 0 Å². The number of rotatable bonds is 10. The highest BCUT2D eigenvalue weighted by atomic mass is 32.1. The van der Waals surface area contributed by atoms with Crippen LogP contribution in [0.15, 0.2) is 60.4 Å². The Balaban J connectivity index is 1.67. The predicted molar refractivity (Wildman–Crippen MR) is 161 cm³/mol. The molecule has 4 aromatic rings. The van der Waals surface area contributed by atoms with E-state index >= 15 is 0 Å². The number of aryl methyl sites for hydroxylation is 2. The first-order valence-electron chi connectivity index (χ1n) is 13.8. The molecule has 1 N–H and O–H groups in total. The van der Waals surface area contributed by atoms with Gasteiger partial charge in [-0.15, -0.1) is 0 Å². The highest BCUT2D eigenvalue weighted by Crippen LogP contribution is 2.46. The third-order valence-electron chi connectivity index (χ3n) is 7.01. The van der Waals surface area contributed by atoms with Crippen molar-refractivity contribution in [2.75, 3.05) is 18.1 Å². The van der Waals surface area contributed by atoms with Crippen molar-refractivity contribution in [2.45, 2.75) is 53.0 Å². The summed E-state index contributed by atoms with van der Waals surface area (Å²) in [6.07, 6.45) is 6.12. The van der Waals surface area contributed by atoms with E-state index in [1.807, 2.05) is 39.0 Å². The van der Waals surface area contributed by atoms with Crippen molar-refractivity contribution in [1.29, 1.82) is 0 Å². The lowest BCUT2D eigenvalue weighted by atomic mass is 9.95. The number of aliphatic hydroxyl groups is 1. The van der Waals surface area contributed by atoms with Gasteiger partial charge in [0.25, 0.3) is 5.78 Å². The molecule has 41 heavy (non-hydrogen) atoms. The number of ether oxygens (including phenoxy) is 2. The van der Waals surface area contributed by atoms with Gasteiger partial charge in [0.05, 0.1) is 35.0 Å². The number of benzene rings is 2. The Hall–Kier alpha value is -4.24. The highest BCUT2D eigenvalue weighted by molar-refractivity contribution is 7.22. The van der Waals surface area contributed by atoms with Crippen molar-refractivity contribution in [1.82, 2.24) is 9.97 Å². The molecule has 1 fully saturated rings. The molecule has 8 nitrogen and oxygen atoms in total. The van der Waals surface area contributed by atoms with Crippen LogP contribution in [-0.4, -0.2) is 40.0 Å². The predicted octanol–water partition coefficient (Wildman–Crippen LogP) is 6.90. The van der Waals surface area contributed by atoms with Crippen molar-refractivity contribution < 1.29 is 24.2 Å². The molecule has 1 aliphatic heterocycles. The molecule has 0 aliphatic carbocycles. The van der Waals surface area contributed by atoms with E-state index in [1.165, 1.54) is 28.6 Å². The number of anilines is 1. The van der Waals surface area contributed by atoms with Gasteiger partial charge < -0.3 is 14.6 Å². The lowest BCUT2D eigenvalue weighted by molar-refractivity contribution is -0.132. The summed E-state index contributed by atoms with van der Waals surface area (Å²) in [5.74, 6) is -0.717. The molecule has 1 unspecified atom stereocenters. The van der Waals surface area contributed by atoms with Gasteiger partial charge in [-0.1, -0.05) is 43.2 Å². The van der Waals surface area contributed by atoms with Gasteiger partial charge >= 0.3 is 5.91 Å². The van der Waals surface area contributed by atoms with Crippen molar-refractivity contribution in [3.63, 3.8) is 0 Å². The summed E-state index contributed by atoms with van der Waals surface area (Å²) in [5.41, 5.74) is 3.80. The summed E-state index contributed by atoms with van der Waals surface area (Å²) < 4.78 is 12.9. The normalized spacial score (nSPS) is 16.5. The van der Waals surface area contributed by atoms with E-state index in [-0.39, 0.29) is 11.3 Å². The molecule has 2 aromatic carbocycles. The smallest absolute Gasteiger partial charge is 0.301 e. The Labute approximate surface area is 243 Å². The third kappa shape index (κ3) is 5.54. The van der Waals surface area contributed by atoms with E-state index in [2.05, 4.69) is 11.9 Å².